The second kappa shape index (κ2) is 11.5. The summed E-state index contributed by atoms with van der Waals surface area (Å²) in [6.45, 7) is 5.75. The van der Waals surface area contributed by atoms with Crippen LogP contribution in [0.3, 0.4) is 0 Å². The Labute approximate surface area is 183 Å². The molecule has 1 N–H and O–H groups in total. The Hall–Kier alpha value is -2.73. The molecule has 6 nitrogen and oxygen atoms in total. The fourth-order valence-electron chi connectivity index (χ4n) is 2.73. The number of carbonyl (C=O) groups is 2. The second-order valence-corrected chi connectivity index (χ2v) is 7.54. The molecule has 0 heterocycles. The van der Waals surface area contributed by atoms with Crippen LogP contribution in [0, 0.1) is 0 Å². The summed E-state index contributed by atoms with van der Waals surface area (Å²) in [6, 6.07) is 13.6. The van der Waals surface area contributed by atoms with Crippen molar-refractivity contribution >= 4 is 23.4 Å². The van der Waals surface area contributed by atoms with Crippen molar-refractivity contribution in [1.29, 1.82) is 0 Å². The van der Waals surface area contributed by atoms with Crippen molar-refractivity contribution in [2.45, 2.75) is 45.8 Å². The van der Waals surface area contributed by atoms with Crippen LogP contribution in [0.2, 0.25) is 5.02 Å². The molecule has 2 aromatic rings. The van der Waals surface area contributed by atoms with Crippen molar-refractivity contribution in [3.8, 4) is 11.5 Å². The summed E-state index contributed by atoms with van der Waals surface area (Å²) in [6.07, 6.45) is 0.810. The number of methoxy groups -OCH3 is 1. The minimum absolute atomic E-state index is 0.0307. The molecule has 30 heavy (non-hydrogen) atoms. The maximum atomic E-state index is 13.0. The van der Waals surface area contributed by atoms with Crippen molar-refractivity contribution in [2.24, 2.45) is 0 Å². The third-order valence-corrected chi connectivity index (χ3v) is 5.11. The van der Waals surface area contributed by atoms with Gasteiger partial charge in [0, 0.05) is 17.6 Å². The van der Waals surface area contributed by atoms with Crippen LogP contribution in [-0.2, 0) is 16.1 Å². The number of carbonyl (C=O) groups excluding carboxylic acids is 2. The van der Waals surface area contributed by atoms with Gasteiger partial charge in [0.15, 0.2) is 6.61 Å². The van der Waals surface area contributed by atoms with E-state index in [1.807, 2.05) is 38.1 Å². The molecule has 0 aliphatic carbocycles. The lowest BCUT2D eigenvalue weighted by Crippen LogP contribution is -2.50. The first kappa shape index (κ1) is 23.5. The highest BCUT2D eigenvalue weighted by Crippen LogP contribution is 2.17. The molecule has 0 saturated carbocycles. The van der Waals surface area contributed by atoms with Crippen LogP contribution in [0.15, 0.2) is 48.5 Å². The number of ether oxygens (including phenoxy) is 2. The predicted octanol–water partition coefficient (Wildman–Crippen LogP) is 4.06. The standard InChI is InChI=1S/C23H29ClN2O4/c1-5-16(2)25-23(28)17(3)26(14-18-6-10-20(29-4)11-7-18)22(27)15-30-21-12-8-19(24)9-13-21/h6-13,16-17H,5,14-15H2,1-4H3,(H,25,28)/t16-,17+/m1/s1. The Balaban J connectivity index is 2.14. The normalized spacial score (nSPS) is 12.6. The minimum atomic E-state index is -0.651. The Morgan fingerprint density at radius 2 is 1.63 bits per heavy atom. The number of hydrogen-bond acceptors (Lipinski definition) is 4. The van der Waals surface area contributed by atoms with Crippen molar-refractivity contribution in [1.82, 2.24) is 10.2 Å². The molecule has 0 aliphatic heterocycles. The van der Waals surface area contributed by atoms with Gasteiger partial charge in [-0.1, -0.05) is 30.7 Å². The summed E-state index contributed by atoms with van der Waals surface area (Å²) in [4.78, 5) is 27.2. The molecule has 0 unspecified atom stereocenters. The molecule has 162 valence electrons. The Kier molecular flexibility index (Phi) is 8.99. The van der Waals surface area contributed by atoms with Crippen LogP contribution < -0.4 is 14.8 Å². The SMILES string of the molecule is CC[C@@H](C)NC(=O)[C@H](C)N(Cc1ccc(OC)cc1)C(=O)COc1ccc(Cl)cc1. The zero-order valence-corrected chi connectivity index (χ0v) is 18.6. The van der Waals surface area contributed by atoms with Gasteiger partial charge in [0.05, 0.1) is 7.11 Å². The number of rotatable bonds is 10. The molecule has 0 bridgehead atoms. The Morgan fingerprint density at radius 1 is 1.03 bits per heavy atom. The fraction of sp³-hybridized carbons (Fsp3) is 0.391. The first-order valence-corrected chi connectivity index (χ1v) is 10.3. The van der Waals surface area contributed by atoms with E-state index in [1.54, 1.807) is 38.3 Å². The third kappa shape index (κ3) is 6.95. The highest BCUT2D eigenvalue weighted by Gasteiger charge is 2.27. The van der Waals surface area contributed by atoms with E-state index in [0.29, 0.717) is 10.8 Å². The van der Waals surface area contributed by atoms with Gasteiger partial charge in [-0.3, -0.25) is 9.59 Å². The van der Waals surface area contributed by atoms with Crippen molar-refractivity contribution in [3.05, 3.63) is 59.1 Å². The van der Waals surface area contributed by atoms with E-state index < -0.39 is 6.04 Å². The summed E-state index contributed by atoms with van der Waals surface area (Å²) in [5, 5.41) is 3.53. The summed E-state index contributed by atoms with van der Waals surface area (Å²) in [7, 11) is 1.60. The van der Waals surface area contributed by atoms with Gasteiger partial charge in [0.1, 0.15) is 17.5 Å². The summed E-state index contributed by atoms with van der Waals surface area (Å²) >= 11 is 5.88. The summed E-state index contributed by atoms with van der Waals surface area (Å²) in [5.74, 6) is 0.782. The first-order valence-electron chi connectivity index (χ1n) is 9.95. The van der Waals surface area contributed by atoms with Gasteiger partial charge in [-0.25, -0.2) is 0 Å². The van der Waals surface area contributed by atoms with Crippen LogP contribution in [-0.4, -0.2) is 42.5 Å². The number of nitrogens with zero attached hydrogens (tertiary/aromatic N) is 1. The summed E-state index contributed by atoms with van der Waals surface area (Å²) < 4.78 is 10.8. The lowest BCUT2D eigenvalue weighted by molar-refractivity contribution is -0.142. The van der Waals surface area contributed by atoms with E-state index in [4.69, 9.17) is 21.1 Å². The Morgan fingerprint density at radius 3 is 2.20 bits per heavy atom. The number of halogens is 1. The highest BCUT2D eigenvalue weighted by atomic mass is 35.5. The third-order valence-electron chi connectivity index (χ3n) is 4.86. The molecule has 2 rings (SSSR count). The van der Waals surface area contributed by atoms with E-state index in [-0.39, 0.29) is 31.0 Å². The fourth-order valence-corrected chi connectivity index (χ4v) is 2.86. The molecule has 0 radical (unpaired) electrons. The van der Waals surface area contributed by atoms with Gasteiger partial charge in [0.2, 0.25) is 5.91 Å². The molecule has 7 heteroatoms. The van der Waals surface area contributed by atoms with E-state index in [9.17, 15) is 9.59 Å². The Bertz CT molecular complexity index is 824. The molecule has 0 aromatic heterocycles. The molecule has 0 aliphatic rings. The lowest BCUT2D eigenvalue weighted by Gasteiger charge is -2.29. The average molecular weight is 433 g/mol. The van der Waals surface area contributed by atoms with Crippen LogP contribution in [0.25, 0.3) is 0 Å². The van der Waals surface area contributed by atoms with Crippen LogP contribution in [0.4, 0.5) is 0 Å². The molecule has 0 spiro atoms. The molecule has 0 fully saturated rings. The topological polar surface area (TPSA) is 67.9 Å². The van der Waals surface area contributed by atoms with Crippen LogP contribution in [0.5, 0.6) is 11.5 Å². The second-order valence-electron chi connectivity index (χ2n) is 7.11. The van der Waals surface area contributed by atoms with Crippen LogP contribution in [0.1, 0.15) is 32.8 Å². The van der Waals surface area contributed by atoms with Gasteiger partial charge in [0.25, 0.3) is 5.91 Å². The number of nitrogens with one attached hydrogen (secondary N) is 1. The summed E-state index contributed by atoms with van der Waals surface area (Å²) in [5.41, 5.74) is 0.888. The molecular weight excluding hydrogens is 404 g/mol. The minimum Gasteiger partial charge on any atom is -0.497 e. The number of hydrogen-bond donors (Lipinski definition) is 1. The molecule has 2 aromatic carbocycles. The van der Waals surface area contributed by atoms with E-state index >= 15 is 0 Å². The molecule has 2 amide bonds. The van der Waals surface area contributed by atoms with E-state index in [2.05, 4.69) is 5.32 Å². The largest absolute Gasteiger partial charge is 0.497 e. The van der Waals surface area contributed by atoms with Crippen molar-refractivity contribution in [3.63, 3.8) is 0 Å². The van der Waals surface area contributed by atoms with Crippen molar-refractivity contribution in [2.75, 3.05) is 13.7 Å². The lowest BCUT2D eigenvalue weighted by atomic mass is 10.1. The van der Waals surface area contributed by atoms with Crippen molar-refractivity contribution < 1.29 is 19.1 Å². The van der Waals surface area contributed by atoms with Gasteiger partial charge < -0.3 is 19.7 Å². The van der Waals surface area contributed by atoms with Gasteiger partial charge in [-0.05, 0) is 62.2 Å². The number of amides is 2. The molecule has 2 atom stereocenters. The van der Waals surface area contributed by atoms with Gasteiger partial charge in [-0.2, -0.15) is 0 Å². The molecular formula is C23H29ClN2O4. The number of benzene rings is 2. The smallest absolute Gasteiger partial charge is 0.261 e. The highest BCUT2D eigenvalue weighted by molar-refractivity contribution is 6.30. The maximum absolute atomic E-state index is 13.0. The first-order chi connectivity index (χ1) is 14.3. The van der Waals surface area contributed by atoms with E-state index in [0.717, 1.165) is 17.7 Å². The maximum Gasteiger partial charge on any atom is 0.261 e. The van der Waals surface area contributed by atoms with Gasteiger partial charge >= 0.3 is 0 Å². The van der Waals surface area contributed by atoms with E-state index in [1.165, 1.54) is 4.90 Å². The van der Waals surface area contributed by atoms with Crippen LogP contribution >= 0.6 is 11.6 Å². The average Bonchev–Trinajstić information content (AvgIpc) is 2.76. The monoisotopic (exact) mass is 432 g/mol. The predicted molar refractivity (Wildman–Crippen MR) is 118 cm³/mol. The zero-order chi connectivity index (χ0) is 22.1. The molecule has 0 saturated heterocycles. The zero-order valence-electron chi connectivity index (χ0n) is 17.9. The van der Waals surface area contributed by atoms with Gasteiger partial charge in [-0.15, -0.1) is 0 Å². The quantitative estimate of drug-likeness (QED) is 0.614.